The van der Waals surface area contributed by atoms with Gasteiger partial charge >= 0.3 is 0 Å². The maximum Gasteiger partial charge on any atom is 0.242 e. The van der Waals surface area contributed by atoms with E-state index >= 15 is 0 Å². The first kappa shape index (κ1) is 19.3. The third-order valence-electron chi connectivity index (χ3n) is 4.17. The van der Waals surface area contributed by atoms with Gasteiger partial charge in [0, 0.05) is 11.9 Å². The topological polar surface area (TPSA) is 103 Å². The fraction of sp³-hybridized carbons (Fsp3) is 0.143. The Hall–Kier alpha value is -3.45. The molecule has 6 nitrogen and oxygen atoms in total. The lowest BCUT2D eigenvalue weighted by Gasteiger charge is -2.13. The Morgan fingerprint density at radius 1 is 1.21 bits per heavy atom. The highest BCUT2D eigenvalue weighted by atomic mass is 19.1. The summed E-state index contributed by atoms with van der Waals surface area (Å²) < 4.78 is 19.2. The average molecular weight is 380 g/mol. The van der Waals surface area contributed by atoms with Crippen molar-refractivity contribution in [3.05, 3.63) is 77.7 Å². The molecule has 0 unspecified atom stereocenters. The third-order valence-corrected chi connectivity index (χ3v) is 4.17. The number of carbonyl (C=O) groups excluding carboxylic acids is 1. The van der Waals surface area contributed by atoms with Crippen molar-refractivity contribution < 1.29 is 13.9 Å². The first-order valence-corrected chi connectivity index (χ1v) is 8.72. The summed E-state index contributed by atoms with van der Waals surface area (Å²) in [5, 5.41) is 2.63. The molecule has 1 heterocycles. The zero-order valence-electron chi connectivity index (χ0n) is 15.4. The van der Waals surface area contributed by atoms with Gasteiger partial charge < -0.3 is 21.5 Å². The van der Waals surface area contributed by atoms with Crippen molar-refractivity contribution in [2.24, 2.45) is 5.73 Å². The number of pyridine rings is 1. The van der Waals surface area contributed by atoms with Crippen molar-refractivity contribution in [2.45, 2.75) is 19.4 Å². The number of nitrogen functional groups attached to an aromatic ring is 1. The molecule has 1 aromatic heterocycles. The molecule has 0 fully saturated rings. The van der Waals surface area contributed by atoms with Gasteiger partial charge in [0.05, 0.1) is 11.7 Å². The molecule has 1 amide bonds. The molecule has 0 aliphatic rings. The lowest BCUT2D eigenvalue weighted by atomic mass is 10.1. The molecular weight excluding hydrogens is 359 g/mol. The Morgan fingerprint density at radius 3 is 2.64 bits per heavy atom. The molecule has 3 rings (SSSR count). The van der Waals surface area contributed by atoms with Crippen LogP contribution in [0.1, 0.15) is 11.1 Å². The number of aryl methyl sites for hydroxylation is 1. The van der Waals surface area contributed by atoms with E-state index in [1.54, 1.807) is 49.5 Å². The van der Waals surface area contributed by atoms with E-state index < -0.39 is 6.04 Å². The van der Waals surface area contributed by atoms with Crippen LogP contribution in [0.4, 0.5) is 15.8 Å². The Kier molecular flexibility index (Phi) is 5.86. The molecule has 0 saturated carbocycles. The molecule has 5 N–H and O–H groups in total. The molecule has 0 spiro atoms. The average Bonchev–Trinajstić information content (AvgIpc) is 2.68. The zero-order valence-corrected chi connectivity index (χ0v) is 15.4. The summed E-state index contributed by atoms with van der Waals surface area (Å²) in [5.74, 6) is 0.138. The number of nitrogens with zero attached hydrogens (tertiary/aromatic N) is 1. The summed E-state index contributed by atoms with van der Waals surface area (Å²) in [6.07, 6.45) is 1.92. The Morgan fingerprint density at radius 2 is 1.96 bits per heavy atom. The van der Waals surface area contributed by atoms with Crippen molar-refractivity contribution in [1.82, 2.24) is 4.98 Å². The van der Waals surface area contributed by atoms with Crippen LogP contribution in [-0.2, 0) is 11.2 Å². The molecule has 0 bridgehead atoms. The van der Waals surface area contributed by atoms with Gasteiger partial charge in [-0.2, -0.15) is 0 Å². The van der Waals surface area contributed by atoms with Crippen molar-refractivity contribution in [3.63, 3.8) is 0 Å². The zero-order chi connectivity index (χ0) is 20.1. The second-order valence-electron chi connectivity index (χ2n) is 6.41. The van der Waals surface area contributed by atoms with Gasteiger partial charge in [-0.25, -0.2) is 9.37 Å². The van der Waals surface area contributed by atoms with Crippen molar-refractivity contribution in [3.8, 4) is 11.6 Å². The van der Waals surface area contributed by atoms with Gasteiger partial charge in [0.15, 0.2) is 0 Å². The van der Waals surface area contributed by atoms with Gasteiger partial charge in [-0.05, 0) is 60.9 Å². The number of halogens is 1. The highest BCUT2D eigenvalue weighted by molar-refractivity contribution is 5.94. The second-order valence-corrected chi connectivity index (χ2v) is 6.41. The summed E-state index contributed by atoms with van der Waals surface area (Å²) in [5.41, 5.74) is 14.0. The van der Waals surface area contributed by atoms with Gasteiger partial charge in [-0.1, -0.05) is 18.2 Å². The summed E-state index contributed by atoms with van der Waals surface area (Å²) in [6.45, 7) is 1.66. The minimum Gasteiger partial charge on any atom is -0.437 e. The number of hydrogen-bond donors (Lipinski definition) is 3. The number of hydrogen-bond acceptors (Lipinski definition) is 5. The highest BCUT2D eigenvalue weighted by Crippen LogP contribution is 2.24. The number of benzene rings is 2. The Balaban J connectivity index is 1.59. The van der Waals surface area contributed by atoms with Gasteiger partial charge in [0.1, 0.15) is 11.6 Å². The van der Waals surface area contributed by atoms with E-state index in [1.165, 1.54) is 6.07 Å². The number of anilines is 2. The SMILES string of the molecule is Cc1ccc(NC(=O)[C@@H](N)Cc2ccc(Oc3ncccc3N)cc2)cc1F. The van der Waals surface area contributed by atoms with Gasteiger partial charge in [-0.15, -0.1) is 0 Å². The molecule has 7 heteroatoms. The standard InChI is InChI=1S/C21H21FN4O2/c1-13-4-7-15(12-17(13)22)26-20(27)19(24)11-14-5-8-16(9-6-14)28-21-18(23)3-2-10-25-21/h2-10,12,19H,11,23-24H2,1H3,(H,26,27)/t19-/m0/s1. The monoisotopic (exact) mass is 380 g/mol. The first-order valence-electron chi connectivity index (χ1n) is 8.72. The Bertz CT molecular complexity index is 976. The van der Waals surface area contributed by atoms with Crippen LogP contribution in [0.15, 0.2) is 60.8 Å². The molecule has 3 aromatic rings. The van der Waals surface area contributed by atoms with Gasteiger partial charge in [0.2, 0.25) is 11.8 Å². The van der Waals surface area contributed by atoms with E-state index in [0.29, 0.717) is 35.0 Å². The number of nitrogens with two attached hydrogens (primary N) is 2. The van der Waals surface area contributed by atoms with Crippen LogP contribution in [0.2, 0.25) is 0 Å². The first-order chi connectivity index (χ1) is 13.4. The maximum atomic E-state index is 13.6. The molecule has 144 valence electrons. The number of aromatic nitrogens is 1. The second kappa shape index (κ2) is 8.49. The van der Waals surface area contributed by atoms with Crippen LogP contribution in [0, 0.1) is 12.7 Å². The molecule has 0 radical (unpaired) electrons. The molecule has 0 aliphatic carbocycles. The third kappa shape index (κ3) is 4.83. The molecule has 1 atom stereocenters. The largest absolute Gasteiger partial charge is 0.437 e. The van der Waals surface area contributed by atoms with E-state index in [9.17, 15) is 9.18 Å². The van der Waals surface area contributed by atoms with E-state index in [0.717, 1.165) is 5.56 Å². The fourth-order valence-electron chi connectivity index (χ4n) is 2.55. The van der Waals surface area contributed by atoms with Crippen LogP contribution < -0.4 is 21.5 Å². The number of carbonyl (C=O) groups is 1. The highest BCUT2D eigenvalue weighted by Gasteiger charge is 2.15. The van der Waals surface area contributed by atoms with Crippen molar-refractivity contribution in [2.75, 3.05) is 11.1 Å². The summed E-state index contributed by atoms with van der Waals surface area (Å²) in [7, 11) is 0. The summed E-state index contributed by atoms with van der Waals surface area (Å²) in [4.78, 5) is 16.3. The number of ether oxygens (including phenoxy) is 1. The molecule has 0 aliphatic heterocycles. The van der Waals surface area contributed by atoms with Crippen LogP contribution in [0.25, 0.3) is 0 Å². The van der Waals surface area contributed by atoms with E-state index in [2.05, 4.69) is 10.3 Å². The predicted molar refractivity (Wildman–Crippen MR) is 107 cm³/mol. The normalized spacial score (nSPS) is 11.7. The van der Waals surface area contributed by atoms with Crippen LogP contribution in [-0.4, -0.2) is 16.9 Å². The summed E-state index contributed by atoms with van der Waals surface area (Å²) in [6, 6.07) is 14.3. The minimum absolute atomic E-state index is 0.326. The number of rotatable bonds is 6. The molecule has 2 aromatic carbocycles. The van der Waals surface area contributed by atoms with Crippen molar-refractivity contribution >= 4 is 17.3 Å². The lowest BCUT2D eigenvalue weighted by molar-refractivity contribution is -0.117. The molecule has 28 heavy (non-hydrogen) atoms. The number of nitrogens with one attached hydrogen (secondary N) is 1. The van der Waals surface area contributed by atoms with E-state index in [4.69, 9.17) is 16.2 Å². The van der Waals surface area contributed by atoms with E-state index in [1.807, 2.05) is 12.1 Å². The van der Waals surface area contributed by atoms with Crippen LogP contribution in [0.5, 0.6) is 11.6 Å². The molecule has 0 saturated heterocycles. The predicted octanol–water partition coefficient (Wildman–Crippen LogP) is 3.41. The fourth-order valence-corrected chi connectivity index (χ4v) is 2.55. The van der Waals surface area contributed by atoms with Crippen molar-refractivity contribution in [1.29, 1.82) is 0 Å². The summed E-state index contributed by atoms with van der Waals surface area (Å²) >= 11 is 0. The Labute approximate surface area is 162 Å². The lowest BCUT2D eigenvalue weighted by Crippen LogP contribution is -2.37. The number of amides is 1. The minimum atomic E-state index is -0.775. The van der Waals surface area contributed by atoms with Crippen LogP contribution >= 0.6 is 0 Å². The maximum absolute atomic E-state index is 13.6. The quantitative estimate of drug-likeness (QED) is 0.608. The van der Waals surface area contributed by atoms with E-state index in [-0.39, 0.29) is 11.7 Å². The molecular formula is C21H21FN4O2. The smallest absolute Gasteiger partial charge is 0.242 e. The van der Waals surface area contributed by atoms with Gasteiger partial charge in [0.25, 0.3) is 0 Å². The van der Waals surface area contributed by atoms with Gasteiger partial charge in [-0.3, -0.25) is 4.79 Å². The van der Waals surface area contributed by atoms with Crippen LogP contribution in [0.3, 0.4) is 0 Å².